The van der Waals surface area contributed by atoms with Crippen LogP contribution in [0.3, 0.4) is 0 Å². The van der Waals surface area contributed by atoms with Gasteiger partial charge in [0.1, 0.15) is 5.41 Å². The Morgan fingerprint density at radius 3 is 2.41 bits per heavy atom. The van der Waals surface area contributed by atoms with Gasteiger partial charge in [-0.05, 0) is 50.1 Å². The van der Waals surface area contributed by atoms with E-state index in [0.29, 0.717) is 5.69 Å². The highest BCUT2D eigenvalue weighted by Gasteiger charge is 2.68. The molecule has 1 amide bonds. The van der Waals surface area contributed by atoms with Crippen molar-refractivity contribution >= 4 is 39.4 Å². The number of H-pyrrole nitrogens is 1. The first-order valence-corrected chi connectivity index (χ1v) is 13.8. The van der Waals surface area contributed by atoms with Gasteiger partial charge in [-0.2, -0.15) is 5.06 Å². The molecule has 2 atom stereocenters. The fourth-order valence-electron chi connectivity index (χ4n) is 7.31. The number of aryl methyl sites for hydroxylation is 2. The Balaban J connectivity index is 1.64. The summed E-state index contributed by atoms with van der Waals surface area (Å²) in [6, 6.07) is 23.7. The summed E-state index contributed by atoms with van der Waals surface area (Å²) in [5.74, 6) is -0.669. The van der Waals surface area contributed by atoms with E-state index < -0.39 is 16.9 Å². The summed E-state index contributed by atoms with van der Waals surface area (Å²) in [6.07, 6.45) is 0.135. The number of rotatable bonds is 6. The summed E-state index contributed by atoms with van der Waals surface area (Å²) in [7, 11) is 1.52. The number of esters is 1. The highest BCUT2D eigenvalue weighted by Crippen LogP contribution is 2.61. The number of methoxy groups -OCH3 is 1. The second-order valence-corrected chi connectivity index (χ2v) is 10.8. The lowest BCUT2D eigenvalue weighted by molar-refractivity contribution is -0.152. The minimum Gasteiger partial charge on any atom is -0.464 e. The molecule has 0 fully saturated rings. The van der Waals surface area contributed by atoms with E-state index >= 15 is 0 Å². The van der Waals surface area contributed by atoms with Crippen LogP contribution in [0.25, 0.3) is 21.8 Å². The van der Waals surface area contributed by atoms with Crippen LogP contribution in [-0.4, -0.2) is 41.9 Å². The Labute approximate surface area is 237 Å². The zero-order valence-electron chi connectivity index (χ0n) is 23.5. The molecule has 7 rings (SSSR count). The molecule has 2 aliphatic rings. The third kappa shape index (κ3) is 3.11. The molecule has 41 heavy (non-hydrogen) atoms. The van der Waals surface area contributed by atoms with Crippen LogP contribution in [0.4, 0.5) is 5.69 Å². The normalized spacial score (nSPS) is 21.3. The van der Waals surface area contributed by atoms with Crippen molar-refractivity contribution in [2.24, 2.45) is 0 Å². The summed E-state index contributed by atoms with van der Waals surface area (Å²) in [4.78, 5) is 38.9. The quantitative estimate of drug-likeness (QED) is 0.220. The van der Waals surface area contributed by atoms with Crippen LogP contribution in [0.5, 0.6) is 0 Å². The first kappa shape index (κ1) is 25.6. The second kappa shape index (κ2) is 9.06. The zero-order valence-corrected chi connectivity index (χ0v) is 23.5. The number of para-hydroxylation sites is 3. The maximum atomic E-state index is 14.8. The van der Waals surface area contributed by atoms with Gasteiger partial charge in [0, 0.05) is 46.6 Å². The van der Waals surface area contributed by atoms with Crippen LogP contribution < -0.4 is 5.06 Å². The van der Waals surface area contributed by atoms with E-state index in [2.05, 4.69) is 9.55 Å². The van der Waals surface area contributed by atoms with E-state index in [1.807, 2.05) is 93.6 Å². The van der Waals surface area contributed by atoms with Gasteiger partial charge in [0.15, 0.2) is 12.3 Å². The van der Waals surface area contributed by atoms with Gasteiger partial charge in [0.2, 0.25) is 0 Å². The van der Waals surface area contributed by atoms with Crippen molar-refractivity contribution in [2.45, 2.75) is 38.1 Å². The number of ether oxygens (including phenoxy) is 2. The maximum Gasteiger partial charge on any atom is 0.338 e. The predicted molar refractivity (Wildman–Crippen MR) is 156 cm³/mol. The number of aromatic amines is 1. The maximum absolute atomic E-state index is 14.8. The molecule has 4 heterocycles. The lowest BCUT2D eigenvalue weighted by Crippen LogP contribution is -2.46. The van der Waals surface area contributed by atoms with Crippen molar-refractivity contribution in [3.63, 3.8) is 0 Å². The van der Waals surface area contributed by atoms with Gasteiger partial charge in [-0.1, -0.05) is 54.6 Å². The molecule has 0 saturated carbocycles. The summed E-state index contributed by atoms with van der Waals surface area (Å²) < 4.78 is 13.2. The van der Waals surface area contributed by atoms with Crippen molar-refractivity contribution < 1.29 is 23.9 Å². The Hall–Kier alpha value is -4.40. The van der Waals surface area contributed by atoms with E-state index in [-0.39, 0.29) is 25.7 Å². The molecule has 8 nitrogen and oxygen atoms in total. The molecule has 5 aromatic rings. The van der Waals surface area contributed by atoms with E-state index in [1.165, 1.54) is 12.2 Å². The number of nitrogens with one attached hydrogen (secondary N) is 1. The average molecular weight is 550 g/mol. The molecule has 0 bridgehead atoms. The highest BCUT2D eigenvalue weighted by molar-refractivity contribution is 6.12. The molecule has 0 aliphatic carbocycles. The molecule has 2 aliphatic heterocycles. The number of carbonyl (C=O) groups is 2. The number of aromatic nitrogens is 2. The molecule has 1 N–H and O–H groups in total. The summed E-state index contributed by atoms with van der Waals surface area (Å²) in [6.45, 7) is 5.97. The van der Waals surface area contributed by atoms with Crippen LogP contribution in [0, 0.1) is 13.8 Å². The van der Waals surface area contributed by atoms with Crippen LogP contribution in [0.1, 0.15) is 41.4 Å². The Kier molecular flexibility index (Phi) is 5.65. The second-order valence-electron chi connectivity index (χ2n) is 10.8. The van der Waals surface area contributed by atoms with E-state index in [1.54, 1.807) is 0 Å². The number of carbonyl (C=O) groups excluding carboxylic acids is 2. The molecule has 8 heteroatoms. The summed E-state index contributed by atoms with van der Waals surface area (Å²) in [5, 5.41) is 3.33. The molecule has 208 valence electrons. The molecule has 0 saturated heterocycles. The summed E-state index contributed by atoms with van der Waals surface area (Å²) in [5.41, 5.74) is 4.00. The molecule has 1 unspecified atom stereocenters. The standard InChI is InChI=1S/C33H31N3O5/c1-5-40-31(38)33(28-20(2)22-12-6-9-15-25(22)34-28)18-32(29-21(3)23-13-7-10-16-26(23)35(29)33)24-14-8-11-17-27(24)36(30(32)37)41-19-39-4/h6-17,34H,5,18-19H2,1-4H3/t32?,33-/m1/s1. The van der Waals surface area contributed by atoms with Gasteiger partial charge >= 0.3 is 5.97 Å². The van der Waals surface area contributed by atoms with Gasteiger partial charge in [-0.25, -0.2) is 9.63 Å². The highest BCUT2D eigenvalue weighted by atomic mass is 16.8. The van der Waals surface area contributed by atoms with Crippen molar-refractivity contribution in [3.05, 3.63) is 101 Å². The first-order valence-electron chi connectivity index (χ1n) is 13.8. The lowest BCUT2D eigenvalue weighted by Gasteiger charge is -2.32. The Bertz CT molecular complexity index is 1870. The van der Waals surface area contributed by atoms with Crippen LogP contribution >= 0.6 is 0 Å². The fourth-order valence-corrected chi connectivity index (χ4v) is 7.31. The van der Waals surface area contributed by atoms with Crippen LogP contribution in [0.2, 0.25) is 0 Å². The number of amides is 1. The minimum absolute atomic E-state index is 0.0950. The van der Waals surface area contributed by atoms with Gasteiger partial charge in [0.25, 0.3) is 5.91 Å². The van der Waals surface area contributed by atoms with E-state index in [0.717, 1.165) is 49.9 Å². The van der Waals surface area contributed by atoms with Crippen molar-refractivity contribution in [3.8, 4) is 0 Å². The predicted octanol–water partition coefficient (Wildman–Crippen LogP) is 5.62. The number of nitrogens with zero attached hydrogens (tertiary/aromatic N) is 2. The van der Waals surface area contributed by atoms with Gasteiger partial charge in [0.05, 0.1) is 18.0 Å². The topological polar surface area (TPSA) is 85.8 Å². The van der Waals surface area contributed by atoms with Gasteiger partial charge in [-0.15, -0.1) is 0 Å². The molecule has 1 spiro atoms. The number of anilines is 1. The Morgan fingerprint density at radius 1 is 0.951 bits per heavy atom. The van der Waals surface area contributed by atoms with E-state index in [9.17, 15) is 9.59 Å². The monoisotopic (exact) mass is 549 g/mol. The largest absolute Gasteiger partial charge is 0.464 e. The zero-order chi connectivity index (χ0) is 28.5. The average Bonchev–Trinajstić information content (AvgIpc) is 3.67. The first-order chi connectivity index (χ1) is 19.9. The Morgan fingerprint density at radius 2 is 1.66 bits per heavy atom. The van der Waals surface area contributed by atoms with Crippen molar-refractivity contribution in [1.82, 2.24) is 9.55 Å². The molecule has 2 aromatic heterocycles. The molecular formula is C33H31N3O5. The van der Waals surface area contributed by atoms with Crippen molar-refractivity contribution in [1.29, 1.82) is 0 Å². The molecule has 0 radical (unpaired) electrons. The van der Waals surface area contributed by atoms with Gasteiger partial charge in [-0.3, -0.25) is 4.79 Å². The number of hydrogen-bond acceptors (Lipinski definition) is 5. The number of hydroxylamine groups is 1. The van der Waals surface area contributed by atoms with Crippen LogP contribution in [0.15, 0.2) is 72.8 Å². The SMILES string of the molecule is CCOC(=O)[C@]1(c2[nH]c3ccccc3c2C)CC2(C(=O)N(OCOC)c3ccccc32)c2c(C)c3ccccc3n21. The third-order valence-electron chi connectivity index (χ3n) is 8.86. The van der Waals surface area contributed by atoms with Crippen molar-refractivity contribution in [2.75, 3.05) is 25.6 Å². The summed E-state index contributed by atoms with van der Waals surface area (Å²) >= 11 is 0. The number of fused-ring (bicyclic) bond motifs is 7. The third-order valence-corrected chi connectivity index (χ3v) is 8.86. The smallest absolute Gasteiger partial charge is 0.338 e. The molecule has 3 aromatic carbocycles. The fraction of sp³-hybridized carbons (Fsp3) is 0.273. The number of hydrogen-bond donors (Lipinski definition) is 1. The number of benzene rings is 3. The lowest BCUT2D eigenvalue weighted by atomic mass is 9.71. The van der Waals surface area contributed by atoms with E-state index in [4.69, 9.17) is 14.3 Å². The van der Waals surface area contributed by atoms with Crippen LogP contribution in [-0.2, 0) is 34.9 Å². The molecular weight excluding hydrogens is 518 g/mol. The minimum atomic E-state index is -1.36. The van der Waals surface area contributed by atoms with Gasteiger partial charge < -0.3 is 19.0 Å².